The molecule has 0 saturated heterocycles. The highest BCUT2D eigenvalue weighted by molar-refractivity contribution is 5.84. The fraction of sp³-hybridized carbons (Fsp3) is 0.360. The van der Waals surface area contributed by atoms with Gasteiger partial charge in [-0.15, -0.1) is 0 Å². The Morgan fingerprint density at radius 3 is 2.54 bits per heavy atom. The topological polar surface area (TPSA) is 133 Å². The summed E-state index contributed by atoms with van der Waals surface area (Å²) in [6.45, 7) is 3.63. The molecule has 0 amide bonds. The Balaban J connectivity index is 1.31. The van der Waals surface area contributed by atoms with E-state index in [1.807, 2.05) is 12.1 Å². The second-order valence-electron chi connectivity index (χ2n) is 16.7. The van der Waals surface area contributed by atoms with Crippen molar-refractivity contribution in [2.24, 2.45) is 5.92 Å². The number of anilines is 1. The van der Waals surface area contributed by atoms with Crippen molar-refractivity contribution in [1.29, 1.82) is 0 Å². The number of fused-ring (bicyclic) bond motifs is 7. The quantitative estimate of drug-likeness (QED) is 0.104. The van der Waals surface area contributed by atoms with Gasteiger partial charge < -0.3 is 34.9 Å². The normalized spacial score (nSPS) is 22.0. The van der Waals surface area contributed by atoms with Crippen molar-refractivity contribution in [3.05, 3.63) is 123 Å². The Bertz CT molecular complexity index is 2540. The number of aryl methyl sites for hydroxylation is 2. The number of methoxy groups -OCH3 is 2. The Morgan fingerprint density at radius 2 is 1.78 bits per heavy atom. The van der Waals surface area contributed by atoms with E-state index in [9.17, 15) is 15.0 Å². The molecule has 1 aromatic heterocycles. The van der Waals surface area contributed by atoms with Crippen LogP contribution in [0, 0.1) is 17.8 Å². The van der Waals surface area contributed by atoms with Crippen LogP contribution in [0.2, 0.25) is 0 Å². The lowest BCUT2D eigenvalue weighted by atomic mass is 9.64. The molecule has 1 saturated carbocycles. The number of phenols is 2. The predicted octanol–water partition coefficient (Wildman–Crippen LogP) is 9.02. The molecule has 4 bridgehead atoms. The van der Waals surface area contributed by atoms with Crippen molar-refractivity contribution in [2.45, 2.75) is 88.6 Å². The minimum Gasteiger partial charge on any atom is -0.508 e. The van der Waals surface area contributed by atoms with Gasteiger partial charge in [-0.25, -0.2) is 4.98 Å². The van der Waals surface area contributed by atoms with E-state index < -0.39 is 6.10 Å². The van der Waals surface area contributed by atoms with Crippen LogP contribution in [0.5, 0.6) is 28.7 Å². The summed E-state index contributed by atoms with van der Waals surface area (Å²) in [7, 11) is 3.17. The van der Waals surface area contributed by atoms with Gasteiger partial charge >= 0.3 is 5.97 Å². The molecule has 3 heterocycles. The molecule has 5 atom stereocenters. The number of aromatic nitrogens is 1. The van der Waals surface area contributed by atoms with E-state index in [1.165, 1.54) is 19.6 Å². The molecule has 2 aliphatic heterocycles. The summed E-state index contributed by atoms with van der Waals surface area (Å²) in [6, 6.07) is 24.3. The molecule has 4 aromatic carbocycles. The van der Waals surface area contributed by atoms with Gasteiger partial charge in [0.25, 0.3) is 0 Å². The first-order chi connectivity index (χ1) is 28.6. The molecule has 4 aliphatic rings. The smallest absolute Gasteiger partial charge is 0.302 e. The molecule has 0 radical (unpaired) electrons. The largest absolute Gasteiger partial charge is 0.508 e. The summed E-state index contributed by atoms with van der Waals surface area (Å²) in [6.07, 6.45) is 5.66. The Hall–Kier alpha value is -6.14. The number of nitrogens with zero attached hydrogens (tertiary/aromatic N) is 1. The van der Waals surface area contributed by atoms with Crippen LogP contribution in [-0.2, 0) is 40.6 Å². The van der Waals surface area contributed by atoms with Crippen LogP contribution in [0.4, 0.5) is 5.82 Å². The highest BCUT2D eigenvalue weighted by Crippen LogP contribution is 2.63. The maximum atomic E-state index is 12.4. The zero-order chi connectivity index (χ0) is 41.0. The maximum Gasteiger partial charge on any atom is 0.302 e. The molecule has 9 nitrogen and oxygen atoms in total. The van der Waals surface area contributed by atoms with Crippen molar-refractivity contribution in [1.82, 2.24) is 4.98 Å². The first-order valence-electron chi connectivity index (χ1n) is 20.7. The number of esters is 1. The highest BCUT2D eigenvalue weighted by Gasteiger charge is 2.52. The van der Waals surface area contributed by atoms with Gasteiger partial charge in [-0.2, -0.15) is 0 Å². The third-order valence-electron chi connectivity index (χ3n) is 13.4. The molecule has 4 N–H and O–H groups in total. The number of carbonyl (C=O) groups is 1. The van der Waals surface area contributed by atoms with Crippen molar-refractivity contribution in [3.8, 4) is 51.7 Å². The van der Waals surface area contributed by atoms with E-state index >= 15 is 0 Å². The number of carbonyl (C=O) groups excluding carboxylic acids is 1. The number of benzene rings is 4. The van der Waals surface area contributed by atoms with Gasteiger partial charge in [-0.3, -0.25) is 4.79 Å². The number of ether oxygens (including phenoxy) is 4. The van der Waals surface area contributed by atoms with Crippen molar-refractivity contribution >= 4 is 11.8 Å². The summed E-state index contributed by atoms with van der Waals surface area (Å²) >= 11 is 0. The summed E-state index contributed by atoms with van der Waals surface area (Å²) in [4.78, 5) is 17.4. The van der Waals surface area contributed by atoms with E-state index in [4.69, 9.17) is 29.7 Å². The molecule has 1 fully saturated rings. The van der Waals surface area contributed by atoms with Crippen LogP contribution in [-0.4, -0.2) is 42.0 Å². The minimum atomic E-state index is -0.587. The van der Waals surface area contributed by atoms with Crippen LogP contribution in [0.3, 0.4) is 0 Å². The zero-order valence-electron chi connectivity index (χ0n) is 34.1. The Kier molecular flexibility index (Phi) is 9.91. The number of nitrogens with two attached hydrogens (primary N) is 1. The van der Waals surface area contributed by atoms with Crippen LogP contribution in [0.1, 0.15) is 108 Å². The van der Waals surface area contributed by atoms with Crippen molar-refractivity contribution < 1.29 is 34.0 Å². The number of hydrogen-bond donors (Lipinski definition) is 3. The molecular weight excluding hydrogens is 741 g/mol. The van der Waals surface area contributed by atoms with Gasteiger partial charge in [0, 0.05) is 47.1 Å². The third kappa shape index (κ3) is 6.69. The lowest BCUT2D eigenvalue weighted by Gasteiger charge is -2.39. The molecule has 1 spiro atoms. The van der Waals surface area contributed by atoms with E-state index in [-0.39, 0.29) is 53.7 Å². The lowest BCUT2D eigenvalue weighted by Crippen LogP contribution is -2.31. The number of aromatic hydroxyl groups is 2. The fourth-order valence-electron chi connectivity index (χ4n) is 10.7. The monoisotopic (exact) mass is 790 g/mol. The second-order valence-corrected chi connectivity index (χ2v) is 16.7. The molecule has 59 heavy (non-hydrogen) atoms. The number of nitrogen functional groups attached to an aromatic ring is 1. The average Bonchev–Trinajstić information content (AvgIpc) is 3.81. The van der Waals surface area contributed by atoms with E-state index in [0.29, 0.717) is 29.4 Å². The van der Waals surface area contributed by atoms with Gasteiger partial charge in [-0.1, -0.05) is 55.3 Å². The lowest BCUT2D eigenvalue weighted by molar-refractivity contribution is -0.141. The van der Waals surface area contributed by atoms with Crippen LogP contribution in [0.25, 0.3) is 11.1 Å². The molecule has 2 aliphatic carbocycles. The van der Waals surface area contributed by atoms with E-state index in [1.54, 1.807) is 19.2 Å². The molecule has 302 valence electrons. The summed E-state index contributed by atoms with van der Waals surface area (Å²) < 4.78 is 24.8. The van der Waals surface area contributed by atoms with Crippen LogP contribution >= 0.6 is 0 Å². The van der Waals surface area contributed by atoms with Crippen LogP contribution in [0.15, 0.2) is 72.8 Å². The summed E-state index contributed by atoms with van der Waals surface area (Å²) in [5.74, 6) is 8.92. The van der Waals surface area contributed by atoms with Gasteiger partial charge in [0.15, 0.2) is 11.5 Å². The first-order valence-corrected chi connectivity index (χ1v) is 20.7. The van der Waals surface area contributed by atoms with E-state index in [0.717, 1.165) is 94.3 Å². The predicted molar refractivity (Wildman–Crippen MR) is 226 cm³/mol. The summed E-state index contributed by atoms with van der Waals surface area (Å²) in [5.41, 5.74) is 17.1. The molecule has 5 aromatic rings. The Labute approximate surface area is 345 Å². The average molecular weight is 791 g/mol. The standard InChI is InChI=1S/C50H50N2O7/c1-5-30-21-39-35(15-14-29-10-7-6-8-11-29)32-18-19-50(25-32)26-33-20-34(54)23-44(57-4)45(33)37-17-16-36-40(27-58-28(2)53)47(59-48(36)46(37)50)38-24-43(56-3)42(55)22-31(38)12-9-13-41(39)52-49(30)51/h6-8,10-11,16-17,20-24,32,35,40,47,54-55H,5,12,14-15,18-19,25-27H2,1-4H3,(H2,51,52). The van der Waals surface area contributed by atoms with Gasteiger partial charge in [0.2, 0.25) is 0 Å². The molecular formula is C50H50N2O7. The third-order valence-corrected chi connectivity index (χ3v) is 13.4. The highest BCUT2D eigenvalue weighted by atomic mass is 16.5. The number of phenolic OH excluding ortho intramolecular Hbond substituents is 2. The van der Waals surface area contributed by atoms with Gasteiger partial charge in [0.1, 0.15) is 41.5 Å². The van der Waals surface area contributed by atoms with Gasteiger partial charge in [0.05, 0.1) is 20.1 Å². The van der Waals surface area contributed by atoms with Crippen LogP contribution < -0.4 is 19.9 Å². The SMILES string of the molecule is CCc1cc2c(nc1N)C#CCc1cc(O)c(OC)cc1C1Oc3c(ccc4c3C3(CCC(C3)C2CCc2ccccc2)Cc2cc(O)cc(OC)c2-4)C1COC(C)=O. The summed E-state index contributed by atoms with van der Waals surface area (Å²) in [5, 5.41) is 22.2. The van der Waals surface area contributed by atoms with Crippen molar-refractivity contribution in [3.63, 3.8) is 0 Å². The number of pyridine rings is 1. The molecule has 9 heteroatoms. The van der Waals surface area contributed by atoms with Crippen molar-refractivity contribution in [2.75, 3.05) is 26.6 Å². The molecule has 9 rings (SSSR count). The zero-order valence-corrected chi connectivity index (χ0v) is 34.1. The van der Waals surface area contributed by atoms with Gasteiger partial charge in [-0.05, 0) is 120 Å². The number of rotatable bonds is 8. The second kappa shape index (κ2) is 15.2. The Morgan fingerprint density at radius 1 is 0.966 bits per heavy atom. The fourth-order valence-corrected chi connectivity index (χ4v) is 10.7. The first kappa shape index (κ1) is 38.4. The molecule has 5 unspecified atom stereocenters. The van der Waals surface area contributed by atoms with E-state index in [2.05, 4.69) is 67.3 Å². The maximum absolute atomic E-state index is 12.4. The minimum absolute atomic E-state index is 0.00468. The number of hydrogen-bond acceptors (Lipinski definition) is 9.